The lowest BCUT2D eigenvalue weighted by Gasteiger charge is -2.19. The number of phenolic OH excluding ortho intramolecular Hbond substituents is 1. The Morgan fingerprint density at radius 3 is 1.74 bits per heavy atom. The number of aryl methyl sites for hydroxylation is 1. The van der Waals surface area contributed by atoms with Gasteiger partial charge in [-0.25, -0.2) is 4.98 Å². The van der Waals surface area contributed by atoms with Crippen LogP contribution < -0.4 is 0 Å². The first kappa shape index (κ1) is 42.3. The largest absolute Gasteiger partial charge is 0.507 e. The van der Waals surface area contributed by atoms with Crippen molar-refractivity contribution in [2.45, 2.75) is 106 Å². The fourth-order valence-electron chi connectivity index (χ4n) is 9.33. The second-order valence-corrected chi connectivity index (χ2v) is 19.7. The van der Waals surface area contributed by atoms with Crippen LogP contribution in [0.2, 0.25) is 0 Å². The molecule has 0 amide bonds. The van der Waals surface area contributed by atoms with Crippen LogP contribution in [-0.4, -0.2) is 19.6 Å². The van der Waals surface area contributed by atoms with Gasteiger partial charge in [-0.1, -0.05) is 166 Å². The summed E-state index contributed by atoms with van der Waals surface area (Å²) in [6, 6.07) is 52.8. The first-order chi connectivity index (χ1) is 33.5. The SMILES string of the molecule is [2H]C(C)(C)c1ccc(-c2ccnc(-c3cc(-c4ccccc4)cc(-c4cccc5c4nc(-c4cc(C(C)C)cc(C(C)C)c4O)n5-c4ccc(-c5cc(C([2H])(C)C)cc(C([2H])(C)C)c5)cc4C)c3)c2)cc1. The van der Waals surface area contributed by atoms with E-state index in [9.17, 15) is 5.11 Å². The van der Waals surface area contributed by atoms with Gasteiger partial charge in [-0.15, -0.1) is 0 Å². The molecule has 0 aliphatic heterocycles. The van der Waals surface area contributed by atoms with E-state index >= 15 is 0 Å². The summed E-state index contributed by atoms with van der Waals surface area (Å²) in [5.74, 6) is -1.21. The monoisotopic (exact) mass is 895 g/mol. The average Bonchev–Trinajstić information content (AvgIpc) is 3.72. The number of pyridine rings is 1. The minimum absolute atomic E-state index is 0.0749. The Bertz CT molecular complexity index is 3410. The standard InChI is InChI=1S/C64H65N3O/c1-38(2)44-20-22-46(23-21-44)48-26-27-65-59(37-48)55-33-52(45-16-13-12-14-17-45)32-54(34-55)56-18-15-19-61-62(56)66-64(58-36-51(41(7)8)35-57(42(9)10)63(58)68)67(61)60-25-24-47(28-43(60)11)53-30-49(39(3)4)29-50(31-53)40(5)6/h12-42,68H,1-11H3/i38D,39D,40D. The van der Waals surface area contributed by atoms with Crippen LogP contribution in [0.4, 0.5) is 0 Å². The van der Waals surface area contributed by atoms with Gasteiger partial charge in [0.05, 0.1) is 28.0 Å². The topological polar surface area (TPSA) is 50.9 Å². The predicted octanol–water partition coefficient (Wildman–Crippen LogP) is 18.1. The van der Waals surface area contributed by atoms with E-state index in [2.05, 4.69) is 161 Å². The molecule has 1 N–H and O–H groups in total. The molecule has 0 aliphatic rings. The number of hydrogen-bond acceptors (Lipinski definition) is 3. The summed E-state index contributed by atoms with van der Waals surface area (Å²) >= 11 is 0. The zero-order chi connectivity index (χ0) is 50.7. The number of nitrogens with zero attached hydrogens (tertiary/aromatic N) is 3. The second-order valence-electron chi connectivity index (χ2n) is 19.7. The number of rotatable bonds is 12. The fourth-order valence-corrected chi connectivity index (χ4v) is 9.33. The van der Waals surface area contributed by atoms with E-state index in [4.69, 9.17) is 14.1 Å². The third kappa shape index (κ3) is 9.05. The van der Waals surface area contributed by atoms with Crippen LogP contribution in [0.5, 0.6) is 5.75 Å². The van der Waals surface area contributed by atoms with Crippen LogP contribution >= 0.6 is 0 Å². The maximum atomic E-state index is 12.3. The molecule has 0 unspecified atom stereocenters. The van der Waals surface area contributed by atoms with Crippen LogP contribution in [0.3, 0.4) is 0 Å². The van der Waals surface area contributed by atoms with Crippen molar-refractivity contribution in [1.29, 1.82) is 0 Å². The van der Waals surface area contributed by atoms with Gasteiger partial charge in [-0.3, -0.25) is 9.55 Å². The van der Waals surface area contributed by atoms with Crippen molar-refractivity contribution >= 4 is 11.0 Å². The Labute approximate surface area is 408 Å². The molecule has 0 spiro atoms. The van der Waals surface area contributed by atoms with Crippen LogP contribution in [0.1, 0.15) is 136 Å². The van der Waals surface area contributed by atoms with E-state index in [1.165, 1.54) is 0 Å². The molecule has 0 fully saturated rings. The summed E-state index contributed by atoms with van der Waals surface area (Å²) in [5, 5.41) is 12.3. The van der Waals surface area contributed by atoms with Crippen molar-refractivity contribution in [2.75, 3.05) is 0 Å². The smallest absolute Gasteiger partial charge is 0.149 e. The van der Waals surface area contributed by atoms with Crippen molar-refractivity contribution < 1.29 is 9.22 Å². The average molecular weight is 895 g/mol. The predicted molar refractivity (Wildman–Crippen MR) is 288 cm³/mol. The van der Waals surface area contributed by atoms with Gasteiger partial charge in [0.2, 0.25) is 0 Å². The van der Waals surface area contributed by atoms with Crippen LogP contribution in [-0.2, 0) is 0 Å². The number of phenols is 1. The maximum Gasteiger partial charge on any atom is 0.149 e. The Morgan fingerprint density at radius 1 is 0.471 bits per heavy atom. The van der Waals surface area contributed by atoms with E-state index in [-0.39, 0.29) is 17.6 Å². The molecule has 4 nitrogen and oxygen atoms in total. The third-order valence-corrected chi connectivity index (χ3v) is 13.4. The summed E-state index contributed by atoms with van der Waals surface area (Å²) in [6.07, 6.45) is 1.87. The Balaban J connectivity index is 1.27. The quantitative estimate of drug-likeness (QED) is 0.133. The van der Waals surface area contributed by atoms with Crippen LogP contribution in [0, 0.1) is 6.92 Å². The highest BCUT2D eigenvalue weighted by Gasteiger charge is 2.25. The summed E-state index contributed by atoms with van der Waals surface area (Å²) in [5.41, 5.74) is 19.0. The molecule has 68 heavy (non-hydrogen) atoms. The van der Waals surface area contributed by atoms with Gasteiger partial charge in [-0.2, -0.15) is 0 Å². The molecule has 0 radical (unpaired) electrons. The molecule has 0 atom stereocenters. The van der Waals surface area contributed by atoms with Crippen LogP contribution in [0.25, 0.3) is 83.9 Å². The van der Waals surface area contributed by atoms with Gasteiger partial charge in [0.25, 0.3) is 0 Å². The van der Waals surface area contributed by atoms with Crippen molar-refractivity contribution in [2.24, 2.45) is 0 Å². The highest BCUT2D eigenvalue weighted by Crippen LogP contribution is 2.44. The lowest BCUT2D eigenvalue weighted by atomic mass is 9.90. The highest BCUT2D eigenvalue weighted by atomic mass is 16.3. The Morgan fingerprint density at radius 2 is 1.09 bits per heavy atom. The van der Waals surface area contributed by atoms with E-state index in [1.54, 1.807) is 0 Å². The van der Waals surface area contributed by atoms with Gasteiger partial charge in [0.1, 0.15) is 11.6 Å². The third-order valence-electron chi connectivity index (χ3n) is 13.4. The number of hydrogen-bond donors (Lipinski definition) is 1. The number of para-hydroxylation sites is 1. The van der Waals surface area contributed by atoms with Crippen LogP contribution in [0.15, 0.2) is 158 Å². The lowest BCUT2D eigenvalue weighted by molar-refractivity contribution is 0.466. The highest BCUT2D eigenvalue weighted by molar-refractivity contribution is 5.98. The number of aromatic hydroxyl groups is 1. The number of aromatic nitrogens is 3. The minimum atomic E-state index is -0.843. The molecular formula is C64H65N3O. The fraction of sp³-hybridized carbons (Fsp3) is 0.250. The molecule has 9 rings (SSSR count). The first-order valence-electron chi connectivity index (χ1n) is 25.5. The number of imidazole rings is 1. The van der Waals surface area contributed by atoms with E-state index in [0.717, 1.165) is 106 Å². The molecule has 0 saturated heterocycles. The molecule has 2 heterocycles. The van der Waals surface area contributed by atoms with Crippen molar-refractivity contribution in [1.82, 2.24) is 14.5 Å². The first-order valence-corrected chi connectivity index (χ1v) is 24.0. The molecule has 0 bridgehead atoms. The van der Waals surface area contributed by atoms with Gasteiger partial charge in [-0.05, 0) is 163 Å². The zero-order valence-electron chi connectivity index (χ0n) is 44.5. The molecule has 0 saturated carbocycles. The van der Waals surface area contributed by atoms with Gasteiger partial charge in [0.15, 0.2) is 0 Å². The molecule has 0 aliphatic carbocycles. The second kappa shape index (κ2) is 18.9. The summed E-state index contributed by atoms with van der Waals surface area (Å²) in [6.45, 7) is 22.1. The Hall–Kier alpha value is -7.04. The molecule has 2 aromatic heterocycles. The maximum absolute atomic E-state index is 12.3. The number of benzene rings is 7. The Kier molecular flexibility index (Phi) is 11.8. The van der Waals surface area contributed by atoms with Crippen molar-refractivity contribution in [3.05, 3.63) is 191 Å². The summed E-state index contributed by atoms with van der Waals surface area (Å²) in [7, 11) is 0. The van der Waals surface area contributed by atoms with Gasteiger partial charge < -0.3 is 5.11 Å². The van der Waals surface area contributed by atoms with E-state index < -0.39 is 17.7 Å². The summed E-state index contributed by atoms with van der Waals surface area (Å²) in [4.78, 5) is 10.6. The van der Waals surface area contributed by atoms with Gasteiger partial charge in [0, 0.05) is 21.4 Å². The molecular weight excluding hydrogens is 827 g/mol. The zero-order valence-corrected chi connectivity index (χ0v) is 41.5. The normalized spacial score (nSPS) is 13.0. The number of fused-ring (bicyclic) bond motifs is 1. The van der Waals surface area contributed by atoms with E-state index in [0.29, 0.717) is 11.4 Å². The van der Waals surface area contributed by atoms with Gasteiger partial charge >= 0.3 is 0 Å². The molecule has 9 aromatic rings. The minimum Gasteiger partial charge on any atom is -0.507 e. The molecule has 4 heteroatoms. The van der Waals surface area contributed by atoms with Crippen molar-refractivity contribution in [3.8, 4) is 78.6 Å². The summed E-state index contributed by atoms with van der Waals surface area (Å²) < 4.78 is 28.6. The van der Waals surface area contributed by atoms with E-state index in [1.807, 2.05) is 78.1 Å². The van der Waals surface area contributed by atoms with Crippen molar-refractivity contribution in [3.63, 3.8) is 0 Å². The molecule has 7 aromatic carbocycles. The molecule has 342 valence electrons. The lowest BCUT2D eigenvalue weighted by Crippen LogP contribution is -2.03.